The minimum absolute atomic E-state index is 0.385. The average Bonchev–Trinajstić information content (AvgIpc) is 2.37. The monoisotopic (exact) mass is 172 g/mol. The number of aromatic nitrogens is 2. The highest BCUT2D eigenvalue weighted by molar-refractivity contribution is 5.71. The van der Waals surface area contributed by atoms with E-state index < -0.39 is 17.8 Å². The van der Waals surface area contributed by atoms with Crippen LogP contribution in [0.3, 0.4) is 0 Å². The third-order valence-corrected chi connectivity index (χ3v) is 1.56. The zero-order valence-electron chi connectivity index (χ0n) is 6.57. The molecule has 12 heavy (non-hydrogen) atoms. The molecule has 0 spiro atoms. The predicted octanol–water partition coefficient (Wildman–Crippen LogP) is 1.06. The van der Waals surface area contributed by atoms with Gasteiger partial charge in [0.2, 0.25) is 0 Å². The molecule has 0 bridgehead atoms. The lowest BCUT2D eigenvalue weighted by atomic mass is 10.2. The molecule has 0 saturated heterocycles. The number of nitrogens with zero attached hydrogens (tertiary/aromatic N) is 2. The Balaban J connectivity index is 2.87. The summed E-state index contributed by atoms with van der Waals surface area (Å²) >= 11 is 0. The van der Waals surface area contributed by atoms with Gasteiger partial charge in [0.1, 0.15) is 6.04 Å². The maximum Gasteiger partial charge on any atom is 0.328 e. The molecule has 0 fully saturated rings. The largest absolute Gasteiger partial charge is 0.480 e. The molecule has 0 aliphatic heterocycles. The fourth-order valence-electron chi connectivity index (χ4n) is 0.960. The van der Waals surface area contributed by atoms with Gasteiger partial charge in [-0.3, -0.25) is 4.68 Å². The van der Waals surface area contributed by atoms with Crippen molar-refractivity contribution in [3.05, 3.63) is 18.2 Å². The van der Waals surface area contributed by atoms with E-state index in [0.29, 0.717) is 6.42 Å². The van der Waals surface area contributed by atoms with Crippen LogP contribution in [0.5, 0.6) is 0 Å². The summed E-state index contributed by atoms with van der Waals surface area (Å²) in [7, 11) is 0. The Morgan fingerprint density at radius 1 is 1.92 bits per heavy atom. The number of hydrogen-bond acceptors (Lipinski definition) is 2. The Morgan fingerprint density at radius 3 is 2.92 bits per heavy atom. The van der Waals surface area contributed by atoms with Crippen LogP contribution in [0.25, 0.3) is 0 Å². The molecule has 1 atom stereocenters. The third kappa shape index (κ3) is 1.61. The van der Waals surface area contributed by atoms with Gasteiger partial charge in [0.05, 0.1) is 12.4 Å². The summed E-state index contributed by atoms with van der Waals surface area (Å²) in [6.45, 7) is 1.71. The first-order chi connectivity index (χ1) is 5.65. The molecule has 4 nitrogen and oxygen atoms in total. The van der Waals surface area contributed by atoms with E-state index in [0.717, 1.165) is 17.1 Å². The van der Waals surface area contributed by atoms with Crippen molar-refractivity contribution in [2.24, 2.45) is 0 Å². The summed E-state index contributed by atoms with van der Waals surface area (Å²) < 4.78 is 13.5. The molecule has 1 aromatic rings. The van der Waals surface area contributed by atoms with E-state index in [4.69, 9.17) is 5.11 Å². The predicted molar refractivity (Wildman–Crippen MR) is 39.1 cm³/mol. The first-order valence-corrected chi connectivity index (χ1v) is 3.57. The fraction of sp³-hybridized carbons (Fsp3) is 0.429. The van der Waals surface area contributed by atoms with Gasteiger partial charge < -0.3 is 5.11 Å². The topological polar surface area (TPSA) is 55.1 Å². The van der Waals surface area contributed by atoms with E-state index in [-0.39, 0.29) is 0 Å². The van der Waals surface area contributed by atoms with Crippen molar-refractivity contribution in [1.82, 2.24) is 9.78 Å². The van der Waals surface area contributed by atoms with Crippen LogP contribution in [0, 0.1) is 5.82 Å². The summed E-state index contributed by atoms with van der Waals surface area (Å²) in [5, 5.41) is 12.2. The van der Waals surface area contributed by atoms with Crippen LogP contribution in [0.4, 0.5) is 4.39 Å². The van der Waals surface area contributed by atoms with E-state index in [2.05, 4.69) is 5.10 Å². The number of carboxylic acids is 1. The Labute approximate surface area is 68.6 Å². The van der Waals surface area contributed by atoms with Crippen molar-refractivity contribution in [1.29, 1.82) is 0 Å². The standard InChI is InChI=1S/C7H9FN2O2/c1-2-6(7(11)12)10-4-5(8)3-9-10/h3-4,6H,2H2,1H3,(H,11,12). The quantitative estimate of drug-likeness (QED) is 0.741. The van der Waals surface area contributed by atoms with E-state index in [1.807, 2.05) is 0 Å². The number of aliphatic carboxylic acids is 1. The Bertz CT molecular complexity index is 285. The highest BCUT2D eigenvalue weighted by Crippen LogP contribution is 2.10. The Kier molecular flexibility index (Phi) is 2.42. The fourth-order valence-corrected chi connectivity index (χ4v) is 0.960. The summed E-state index contributed by atoms with van der Waals surface area (Å²) in [5.41, 5.74) is 0. The van der Waals surface area contributed by atoms with Gasteiger partial charge in [-0.15, -0.1) is 0 Å². The number of rotatable bonds is 3. The Morgan fingerprint density at radius 2 is 2.58 bits per heavy atom. The van der Waals surface area contributed by atoms with Crippen molar-refractivity contribution in [2.45, 2.75) is 19.4 Å². The average molecular weight is 172 g/mol. The summed E-state index contributed by atoms with van der Waals surface area (Å²) in [6.07, 6.45) is 2.45. The van der Waals surface area contributed by atoms with Crippen molar-refractivity contribution in [3.63, 3.8) is 0 Å². The van der Waals surface area contributed by atoms with Crippen LogP contribution >= 0.6 is 0 Å². The maximum absolute atomic E-state index is 12.4. The first-order valence-electron chi connectivity index (χ1n) is 3.57. The molecular formula is C7H9FN2O2. The van der Waals surface area contributed by atoms with Crippen LogP contribution in [-0.4, -0.2) is 20.9 Å². The summed E-state index contributed by atoms with van der Waals surface area (Å²) in [6, 6.07) is -0.769. The van der Waals surface area contributed by atoms with E-state index in [9.17, 15) is 9.18 Å². The van der Waals surface area contributed by atoms with Gasteiger partial charge in [0, 0.05) is 0 Å². The van der Waals surface area contributed by atoms with E-state index >= 15 is 0 Å². The van der Waals surface area contributed by atoms with Crippen LogP contribution in [-0.2, 0) is 4.79 Å². The Hall–Kier alpha value is -1.39. The summed E-state index contributed by atoms with van der Waals surface area (Å²) in [5.74, 6) is -1.52. The van der Waals surface area contributed by atoms with Gasteiger partial charge >= 0.3 is 5.97 Å². The number of hydrogen-bond donors (Lipinski definition) is 1. The van der Waals surface area contributed by atoms with Gasteiger partial charge in [0.15, 0.2) is 5.82 Å². The van der Waals surface area contributed by atoms with Gasteiger partial charge in [-0.2, -0.15) is 5.10 Å². The smallest absolute Gasteiger partial charge is 0.328 e. The molecule has 0 aliphatic carbocycles. The van der Waals surface area contributed by atoms with Crippen molar-refractivity contribution >= 4 is 5.97 Å². The van der Waals surface area contributed by atoms with E-state index in [1.54, 1.807) is 6.92 Å². The van der Waals surface area contributed by atoms with Gasteiger partial charge in [-0.25, -0.2) is 9.18 Å². The van der Waals surface area contributed by atoms with Crippen LogP contribution in [0.1, 0.15) is 19.4 Å². The molecule has 0 radical (unpaired) electrons. The SMILES string of the molecule is CCC(C(=O)O)n1cc(F)cn1. The minimum atomic E-state index is -0.999. The highest BCUT2D eigenvalue weighted by Gasteiger charge is 2.17. The minimum Gasteiger partial charge on any atom is -0.480 e. The normalized spacial score (nSPS) is 12.8. The molecule has 0 aliphatic rings. The lowest BCUT2D eigenvalue weighted by molar-refractivity contribution is -0.141. The maximum atomic E-state index is 12.4. The van der Waals surface area contributed by atoms with Crippen molar-refractivity contribution in [3.8, 4) is 0 Å². The molecular weight excluding hydrogens is 163 g/mol. The molecule has 0 aromatic carbocycles. The van der Waals surface area contributed by atoms with Crippen LogP contribution in [0.15, 0.2) is 12.4 Å². The van der Waals surface area contributed by atoms with Crippen molar-refractivity contribution in [2.75, 3.05) is 0 Å². The molecule has 0 saturated carbocycles. The van der Waals surface area contributed by atoms with Gasteiger partial charge in [-0.1, -0.05) is 6.92 Å². The summed E-state index contributed by atoms with van der Waals surface area (Å²) in [4.78, 5) is 10.6. The van der Waals surface area contributed by atoms with Crippen molar-refractivity contribution < 1.29 is 14.3 Å². The molecule has 1 heterocycles. The molecule has 66 valence electrons. The van der Waals surface area contributed by atoms with Crippen LogP contribution in [0.2, 0.25) is 0 Å². The number of carboxylic acid groups (broad SMARTS) is 1. The molecule has 1 rings (SSSR count). The van der Waals surface area contributed by atoms with Crippen LogP contribution < -0.4 is 0 Å². The zero-order chi connectivity index (χ0) is 9.14. The second kappa shape index (κ2) is 3.34. The zero-order valence-corrected chi connectivity index (χ0v) is 6.57. The lowest BCUT2D eigenvalue weighted by Crippen LogP contribution is -2.18. The first kappa shape index (κ1) is 8.70. The molecule has 5 heteroatoms. The molecule has 0 amide bonds. The second-order valence-electron chi connectivity index (χ2n) is 2.40. The second-order valence-corrected chi connectivity index (χ2v) is 2.40. The molecule has 1 unspecified atom stereocenters. The molecule has 1 aromatic heterocycles. The lowest BCUT2D eigenvalue weighted by Gasteiger charge is -2.08. The van der Waals surface area contributed by atoms with Gasteiger partial charge in [-0.05, 0) is 6.42 Å². The molecule has 1 N–H and O–H groups in total. The third-order valence-electron chi connectivity index (χ3n) is 1.56. The van der Waals surface area contributed by atoms with E-state index in [1.165, 1.54) is 0 Å². The number of halogens is 1. The number of carbonyl (C=O) groups is 1. The van der Waals surface area contributed by atoms with Gasteiger partial charge in [0.25, 0.3) is 0 Å². The highest BCUT2D eigenvalue weighted by atomic mass is 19.1.